The topological polar surface area (TPSA) is 30.2 Å². The van der Waals surface area contributed by atoms with Gasteiger partial charge in [-0.2, -0.15) is 13.2 Å². The molecule has 0 aliphatic carbocycles. The van der Waals surface area contributed by atoms with E-state index in [-0.39, 0.29) is 5.76 Å². The highest BCUT2D eigenvalue weighted by atomic mass is 19.4. The molecule has 0 N–H and O–H groups in total. The molecular formula is C16H9F3O2. The molecule has 0 aliphatic heterocycles. The molecule has 0 spiro atoms. The highest BCUT2D eigenvalue weighted by molar-refractivity contribution is 5.84. The maximum absolute atomic E-state index is 12.5. The van der Waals surface area contributed by atoms with Crippen molar-refractivity contribution in [2.75, 3.05) is 0 Å². The van der Waals surface area contributed by atoms with Gasteiger partial charge in [0.05, 0.1) is 10.9 Å². The number of rotatable bonds is 1. The summed E-state index contributed by atoms with van der Waals surface area (Å²) in [7, 11) is 0. The maximum Gasteiger partial charge on any atom is 0.416 e. The van der Waals surface area contributed by atoms with E-state index >= 15 is 0 Å². The van der Waals surface area contributed by atoms with Crippen LogP contribution in [0.1, 0.15) is 5.56 Å². The zero-order chi connectivity index (χ0) is 15.0. The molecule has 0 radical (unpaired) electrons. The number of hydrogen-bond acceptors (Lipinski definition) is 2. The van der Waals surface area contributed by atoms with E-state index in [4.69, 9.17) is 4.42 Å². The Bertz CT molecular complexity index is 846. The van der Waals surface area contributed by atoms with Crippen LogP contribution in [-0.2, 0) is 6.18 Å². The zero-order valence-electron chi connectivity index (χ0n) is 10.6. The standard InChI is InChI=1S/C16H9F3O2/c17-16(18,19)12-7-5-10(6-8-12)14-9-11-3-1-2-4-13(11)15(20)21-14/h1-9H. The fourth-order valence-corrected chi connectivity index (χ4v) is 2.10. The van der Waals surface area contributed by atoms with Crippen LogP contribution in [0.25, 0.3) is 22.1 Å². The van der Waals surface area contributed by atoms with E-state index in [1.54, 1.807) is 30.3 Å². The van der Waals surface area contributed by atoms with Gasteiger partial charge in [0, 0.05) is 5.56 Å². The first kappa shape index (κ1) is 13.4. The number of fused-ring (bicyclic) bond motifs is 1. The third-order valence-corrected chi connectivity index (χ3v) is 3.17. The Balaban J connectivity index is 2.10. The summed E-state index contributed by atoms with van der Waals surface area (Å²) in [5.74, 6) is 0.243. The van der Waals surface area contributed by atoms with Gasteiger partial charge in [-0.3, -0.25) is 0 Å². The van der Waals surface area contributed by atoms with Crippen LogP contribution in [0.5, 0.6) is 0 Å². The maximum atomic E-state index is 12.5. The summed E-state index contributed by atoms with van der Waals surface area (Å²) in [6, 6.07) is 13.0. The lowest BCUT2D eigenvalue weighted by atomic mass is 10.1. The molecule has 1 aromatic heterocycles. The lowest BCUT2D eigenvalue weighted by Gasteiger charge is -2.07. The molecule has 0 unspecified atom stereocenters. The van der Waals surface area contributed by atoms with Crippen molar-refractivity contribution < 1.29 is 17.6 Å². The molecule has 0 aliphatic rings. The number of benzene rings is 2. The molecule has 2 aromatic carbocycles. The van der Waals surface area contributed by atoms with Crippen LogP contribution < -0.4 is 5.63 Å². The molecule has 2 nitrogen and oxygen atoms in total. The normalized spacial score (nSPS) is 11.8. The molecule has 0 amide bonds. The molecule has 0 saturated carbocycles. The second kappa shape index (κ2) is 4.77. The first-order chi connectivity index (χ1) is 9.95. The monoisotopic (exact) mass is 290 g/mol. The molecule has 21 heavy (non-hydrogen) atoms. The quantitative estimate of drug-likeness (QED) is 0.661. The van der Waals surface area contributed by atoms with E-state index < -0.39 is 17.4 Å². The minimum atomic E-state index is -4.39. The summed E-state index contributed by atoms with van der Waals surface area (Å²) in [6.45, 7) is 0. The second-order valence-corrected chi connectivity index (χ2v) is 4.56. The van der Waals surface area contributed by atoms with Gasteiger partial charge in [-0.1, -0.05) is 30.3 Å². The minimum Gasteiger partial charge on any atom is -0.422 e. The van der Waals surface area contributed by atoms with Gasteiger partial charge in [-0.15, -0.1) is 0 Å². The third kappa shape index (κ3) is 2.54. The van der Waals surface area contributed by atoms with Crippen molar-refractivity contribution in [2.45, 2.75) is 6.18 Å². The van der Waals surface area contributed by atoms with Gasteiger partial charge < -0.3 is 4.42 Å². The lowest BCUT2D eigenvalue weighted by Crippen LogP contribution is -2.04. The zero-order valence-corrected chi connectivity index (χ0v) is 10.6. The lowest BCUT2D eigenvalue weighted by molar-refractivity contribution is -0.137. The molecule has 0 fully saturated rings. The smallest absolute Gasteiger partial charge is 0.416 e. The summed E-state index contributed by atoms with van der Waals surface area (Å²) in [4.78, 5) is 11.9. The highest BCUT2D eigenvalue weighted by Crippen LogP contribution is 2.31. The predicted octanol–water partition coefficient (Wildman–Crippen LogP) is 4.48. The molecule has 1 heterocycles. The van der Waals surface area contributed by atoms with E-state index in [1.165, 1.54) is 12.1 Å². The van der Waals surface area contributed by atoms with Crippen LogP contribution in [0.3, 0.4) is 0 Å². The molecule has 3 rings (SSSR count). The first-order valence-corrected chi connectivity index (χ1v) is 6.16. The van der Waals surface area contributed by atoms with Crippen molar-refractivity contribution in [1.82, 2.24) is 0 Å². The first-order valence-electron chi connectivity index (χ1n) is 6.16. The molecule has 0 atom stereocenters. The average Bonchev–Trinajstić information content (AvgIpc) is 2.46. The van der Waals surface area contributed by atoms with Crippen LogP contribution in [0.15, 0.2) is 63.8 Å². The van der Waals surface area contributed by atoms with Gasteiger partial charge in [-0.25, -0.2) is 4.79 Å². The SMILES string of the molecule is O=c1oc(-c2ccc(C(F)(F)F)cc2)cc2ccccc12. The van der Waals surface area contributed by atoms with Gasteiger partial charge in [0.1, 0.15) is 5.76 Å². The number of hydrogen-bond donors (Lipinski definition) is 0. The van der Waals surface area contributed by atoms with Crippen LogP contribution >= 0.6 is 0 Å². The second-order valence-electron chi connectivity index (χ2n) is 4.56. The van der Waals surface area contributed by atoms with Gasteiger partial charge in [0.15, 0.2) is 0 Å². The summed E-state index contributed by atoms with van der Waals surface area (Å²) in [6.07, 6.45) is -4.39. The number of alkyl halides is 3. The van der Waals surface area contributed by atoms with Gasteiger partial charge in [0.25, 0.3) is 0 Å². The Morgan fingerprint density at radius 3 is 2.24 bits per heavy atom. The molecule has 0 saturated heterocycles. The molecule has 106 valence electrons. The van der Waals surface area contributed by atoms with Crippen molar-refractivity contribution in [3.63, 3.8) is 0 Å². The van der Waals surface area contributed by atoms with E-state index in [1.807, 2.05) is 0 Å². The van der Waals surface area contributed by atoms with Crippen molar-refractivity contribution in [1.29, 1.82) is 0 Å². The van der Waals surface area contributed by atoms with Crippen LogP contribution in [0, 0.1) is 0 Å². The Morgan fingerprint density at radius 1 is 0.905 bits per heavy atom. The fraction of sp³-hybridized carbons (Fsp3) is 0.0625. The van der Waals surface area contributed by atoms with E-state index in [9.17, 15) is 18.0 Å². The van der Waals surface area contributed by atoms with Crippen LogP contribution in [0.4, 0.5) is 13.2 Å². The molecule has 5 heteroatoms. The predicted molar refractivity (Wildman–Crippen MR) is 72.9 cm³/mol. The largest absolute Gasteiger partial charge is 0.422 e. The van der Waals surface area contributed by atoms with Gasteiger partial charge in [-0.05, 0) is 29.7 Å². The Kier molecular flexibility index (Phi) is 3.05. The van der Waals surface area contributed by atoms with Gasteiger partial charge in [0.2, 0.25) is 0 Å². The molecule has 3 aromatic rings. The van der Waals surface area contributed by atoms with Crippen LogP contribution in [-0.4, -0.2) is 0 Å². The molecule has 0 bridgehead atoms. The van der Waals surface area contributed by atoms with Crippen LogP contribution in [0.2, 0.25) is 0 Å². The summed E-state index contributed by atoms with van der Waals surface area (Å²) >= 11 is 0. The molecular weight excluding hydrogens is 281 g/mol. The minimum absolute atomic E-state index is 0.243. The van der Waals surface area contributed by atoms with Crippen molar-refractivity contribution in [3.05, 3.63) is 70.6 Å². The van der Waals surface area contributed by atoms with E-state index in [0.29, 0.717) is 16.3 Å². The van der Waals surface area contributed by atoms with Gasteiger partial charge >= 0.3 is 11.8 Å². The Labute approximate surface area is 117 Å². The fourth-order valence-electron chi connectivity index (χ4n) is 2.10. The summed E-state index contributed by atoms with van der Waals surface area (Å²) in [5, 5.41) is 1.12. The average molecular weight is 290 g/mol. The Hall–Kier alpha value is -2.56. The number of halogens is 3. The Morgan fingerprint density at radius 2 is 1.57 bits per heavy atom. The summed E-state index contributed by atoms with van der Waals surface area (Å²) in [5.41, 5.74) is -0.830. The third-order valence-electron chi connectivity index (χ3n) is 3.17. The van der Waals surface area contributed by atoms with Crippen molar-refractivity contribution >= 4 is 10.8 Å². The highest BCUT2D eigenvalue weighted by Gasteiger charge is 2.30. The van der Waals surface area contributed by atoms with Crippen molar-refractivity contribution in [2.24, 2.45) is 0 Å². The summed E-state index contributed by atoms with van der Waals surface area (Å²) < 4.78 is 42.7. The van der Waals surface area contributed by atoms with E-state index in [0.717, 1.165) is 12.1 Å². The van der Waals surface area contributed by atoms with Crippen molar-refractivity contribution in [3.8, 4) is 11.3 Å². The van der Waals surface area contributed by atoms with E-state index in [2.05, 4.69) is 0 Å².